The molecule has 19 atom stereocenters. The van der Waals surface area contributed by atoms with E-state index in [-0.39, 0.29) is 62.2 Å². The molecule has 14 rings (SSSR count). The van der Waals surface area contributed by atoms with Crippen LogP contribution in [0.5, 0.6) is 0 Å². The molecule has 0 amide bonds. The van der Waals surface area contributed by atoms with Crippen molar-refractivity contribution in [3.8, 4) is 0 Å². The van der Waals surface area contributed by atoms with Gasteiger partial charge in [-0.15, -0.1) is 0 Å². The molecule has 0 aromatic carbocycles. The van der Waals surface area contributed by atoms with Gasteiger partial charge in [-0.25, -0.2) is 92.2 Å². The first-order valence-electron chi connectivity index (χ1n) is 29.9. The summed E-state index contributed by atoms with van der Waals surface area (Å²) in [5, 5.41) is 89.4. The van der Waals surface area contributed by atoms with Crippen molar-refractivity contribution in [3.63, 3.8) is 0 Å². The van der Waals surface area contributed by atoms with Gasteiger partial charge >= 0.3 is 46.9 Å². The summed E-state index contributed by atoms with van der Waals surface area (Å²) in [5.74, 6) is 0.270. The van der Waals surface area contributed by atoms with E-state index in [1.165, 1.54) is 68.9 Å². The zero-order chi connectivity index (χ0) is 80.5. The predicted octanol–water partition coefficient (Wildman–Crippen LogP) is -7.86. The van der Waals surface area contributed by atoms with E-state index in [2.05, 4.69) is 106 Å². The molecule has 27 N–H and O–H groups in total. The zero-order valence-corrected chi connectivity index (χ0v) is 59.6. The lowest BCUT2D eigenvalue weighted by Crippen LogP contribution is -2.33. The van der Waals surface area contributed by atoms with E-state index < -0.39 is 177 Å². The second kappa shape index (κ2) is 33.8. The summed E-state index contributed by atoms with van der Waals surface area (Å²) in [6.45, 7) is -2.79. The number of H-pyrrole nitrogens is 3. The molecule has 0 radical (unpaired) electrons. The summed E-state index contributed by atoms with van der Waals surface area (Å²) in [7, 11) is -31.8. The molecule has 59 nitrogen and oxygen atoms in total. The van der Waals surface area contributed by atoms with E-state index in [0.29, 0.717) is 16.7 Å². The van der Waals surface area contributed by atoms with Crippen LogP contribution in [0.25, 0.3) is 55.8 Å². The number of nitrogen functional groups attached to an aromatic ring is 3. The summed E-state index contributed by atoms with van der Waals surface area (Å²) < 4.78 is 117. The number of aromatic amines is 3. The molecule has 10 aromatic rings. The highest BCUT2D eigenvalue weighted by molar-refractivity contribution is 7.66. The maximum Gasteiger partial charge on any atom is 0.490 e. The summed E-state index contributed by atoms with van der Waals surface area (Å²) >= 11 is 0. The van der Waals surface area contributed by atoms with Crippen LogP contribution >= 0.6 is 46.9 Å². The molecule has 10 aromatic heterocycles. The van der Waals surface area contributed by atoms with Gasteiger partial charge in [-0.1, -0.05) is 0 Å². The largest absolute Gasteiger partial charge is 0.490 e. The number of hydrogen-bond acceptors (Lipinski definition) is 43. The first-order chi connectivity index (χ1) is 51.5. The van der Waals surface area contributed by atoms with E-state index >= 15 is 0 Å². The van der Waals surface area contributed by atoms with Gasteiger partial charge in [0.05, 0.1) is 70.7 Å². The van der Waals surface area contributed by atoms with Crippen LogP contribution in [-0.4, -0.2) is 288 Å². The highest BCUT2D eigenvalue weighted by atomic mass is 31.3. The quantitative estimate of drug-likeness (QED) is 0.0315. The SMILES string of the molecule is Nc1ncnc2c1ncn2[C@@H]1O[C@H](COP(=O)(O)O)[C@@H](O)[C@H]1O.Nc1ncnc2c1ncn2[C@@H]1O[C@H](COP(=O)(O)OP(=O)(O)O)[C@@H](O)[C@H]1O.Nc1ncnc2c1ncn2[C@@H]1O[C@H](COP(=O)(O)OP(=O)(O)OP(=O)(O)O)[C@@H](O)[C@H]1O.O=c1[nH]cnc2c1ncn2[C@@H]1O[C@H](CO)[C@@H](O)[C@H]1O.O=c1[nH]cnc2nc[nH]c12. The molecule has 0 aliphatic carbocycles. The van der Waals surface area contributed by atoms with Crippen molar-refractivity contribution >= 4 is 120 Å². The first-order valence-corrected chi connectivity index (χ1v) is 39.0. The van der Waals surface area contributed by atoms with Crippen molar-refractivity contribution in [2.75, 3.05) is 43.6 Å². The van der Waals surface area contributed by atoms with Crippen LogP contribution in [0.1, 0.15) is 24.9 Å². The number of rotatable bonds is 20. The third-order valence-electron chi connectivity index (χ3n) is 15.2. The van der Waals surface area contributed by atoms with E-state index in [9.17, 15) is 87.6 Å². The number of aliphatic hydroxyl groups excluding tert-OH is 9. The number of hydrogen-bond donors (Lipinski definition) is 24. The average Bonchev–Trinajstić information content (AvgIpc) is 1.64. The van der Waals surface area contributed by atoms with Crippen molar-refractivity contribution in [2.24, 2.45) is 0 Å². The van der Waals surface area contributed by atoms with Crippen LogP contribution in [-0.2, 0) is 72.8 Å². The summed E-state index contributed by atoms with van der Waals surface area (Å²) in [6, 6.07) is 0. The number of aromatic nitrogens is 20. The highest BCUT2D eigenvalue weighted by Crippen LogP contribution is 2.66. The van der Waals surface area contributed by atoms with Gasteiger partial charge < -0.3 is 141 Å². The summed E-state index contributed by atoms with van der Waals surface area (Å²) in [6.07, 6.45) is -8.40. The fourth-order valence-corrected chi connectivity index (χ4v) is 15.3. The molecule has 65 heteroatoms. The molecule has 4 saturated heterocycles. The van der Waals surface area contributed by atoms with Crippen molar-refractivity contribution in [1.29, 1.82) is 0 Å². The predicted molar refractivity (Wildman–Crippen MR) is 349 cm³/mol. The van der Waals surface area contributed by atoms with Crippen LogP contribution in [0.3, 0.4) is 0 Å². The van der Waals surface area contributed by atoms with Crippen molar-refractivity contribution < 1.29 is 163 Å². The first kappa shape index (κ1) is 84.5. The fraction of sp³-hybridized carbons (Fsp3) is 0.444. The topological polar surface area (TPSA) is 906 Å². The van der Waals surface area contributed by atoms with Crippen LogP contribution in [0.15, 0.2) is 72.9 Å². The number of phosphoric ester groups is 3. The van der Waals surface area contributed by atoms with E-state index in [0.717, 1.165) is 12.7 Å². The van der Waals surface area contributed by atoms with E-state index in [4.69, 9.17) is 75.5 Å². The lowest BCUT2D eigenvalue weighted by molar-refractivity contribution is -0.0511. The molecule has 4 aliphatic heterocycles. The minimum absolute atomic E-state index is 0.0426. The Balaban J connectivity index is 0.000000151. The van der Waals surface area contributed by atoms with Gasteiger partial charge in [0.1, 0.15) is 109 Å². The Hall–Kier alpha value is -7.99. The van der Waals surface area contributed by atoms with E-state index in [1.54, 1.807) is 0 Å². The number of nitrogens with two attached hydrogens (primary N) is 3. The number of ether oxygens (including phenoxy) is 4. The van der Waals surface area contributed by atoms with Gasteiger partial charge in [0.25, 0.3) is 11.1 Å². The van der Waals surface area contributed by atoms with Crippen molar-refractivity contribution in [3.05, 3.63) is 84.0 Å². The number of nitrogens with zero attached hydrogens (tertiary/aromatic N) is 17. The van der Waals surface area contributed by atoms with Crippen molar-refractivity contribution in [1.82, 2.24) is 98.0 Å². The van der Waals surface area contributed by atoms with Crippen LogP contribution in [0.4, 0.5) is 17.5 Å². The summed E-state index contributed by atoms with van der Waals surface area (Å²) in [4.78, 5) is 160. The smallest absolute Gasteiger partial charge is 0.394 e. The Morgan fingerprint density at radius 1 is 0.373 bits per heavy atom. The molecule has 3 unspecified atom stereocenters. The molecule has 14 heterocycles. The third-order valence-corrected chi connectivity index (χ3v) is 21.7. The zero-order valence-electron chi connectivity index (χ0n) is 54.3. The third kappa shape index (κ3) is 19.9. The van der Waals surface area contributed by atoms with Gasteiger partial charge in [-0.3, -0.25) is 41.4 Å². The number of nitrogens with one attached hydrogen (secondary N) is 3. The molecule has 4 fully saturated rings. The van der Waals surface area contributed by atoms with Gasteiger partial charge in [-0.05, 0) is 0 Å². The molecular formula is C45H61N23O36P6. The van der Waals surface area contributed by atoms with Crippen LogP contribution < -0.4 is 28.3 Å². The standard InChI is InChI=1S/C10H16N5O13P3.C10H15N5O10P2.C10H14N5O7P.C10H12N4O5.C5H4N4O/c11-8-5-9(13-2-12-8)15(3-14-5)10-7(17)6(16)4(26-10)1-25-30(21,22)28-31(23,24)27-29(18,19)20;11-8-5-9(13-2-12-8)15(3-14-5)10-7(17)6(16)4(24-10)1-23-27(21,22)25-26(18,19)20;11-8-5-9(13-2-12-8)15(3-14-5)10-7(17)6(16)4(22-10)1-21-23(18,19)20;15-1-4-6(16)7(17)10(19-4)14-3-13-5-8(14)11-2-12-9(5)18;10-5-3-4(7-1-6-3)8-2-9-5/h2-4,6-7,10,16-17H,1H2,(H,21,22)(H,23,24)(H2,11,12,13)(H2,18,19,20);2-4,6-7,10,16-17H,1H2,(H,21,22)(H2,11,12,13)(H2,18,19,20);2-4,6-7,10,16-17H,1H2,(H2,11,12,13)(H2,18,19,20);2-4,6-7,10,15-17H,1H2,(H,11,12,18);1-2H,(H2,6,7,8,9,10)/t4*4-,6-,7-,10-;/m1111./s1. The van der Waals surface area contributed by atoms with Gasteiger partial charge in [0, 0.05) is 0 Å². The molecular weight excluding hydrogens is 1620 g/mol. The molecule has 0 spiro atoms. The Morgan fingerprint density at radius 2 is 0.691 bits per heavy atom. The fourth-order valence-electron chi connectivity index (χ4n) is 10.4. The number of anilines is 3. The Morgan fingerprint density at radius 3 is 1.05 bits per heavy atom. The van der Waals surface area contributed by atoms with Crippen LogP contribution in [0, 0.1) is 0 Å². The maximum atomic E-state index is 11.8. The lowest BCUT2D eigenvalue weighted by atomic mass is 10.1. The average molecular weight is 1690 g/mol. The second-order valence-electron chi connectivity index (χ2n) is 22.5. The van der Waals surface area contributed by atoms with Crippen molar-refractivity contribution in [2.45, 2.75) is 98.2 Å². The molecule has 0 saturated carbocycles. The Kier molecular flexibility index (Phi) is 25.9. The normalized spacial score (nSPS) is 27.3. The minimum atomic E-state index is -5.70. The highest BCUT2D eigenvalue weighted by Gasteiger charge is 2.50. The van der Waals surface area contributed by atoms with Gasteiger partial charge in [0.2, 0.25) is 0 Å². The van der Waals surface area contributed by atoms with Gasteiger partial charge in [-0.2, -0.15) is 12.9 Å². The summed E-state index contributed by atoms with van der Waals surface area (Å²) in [5.41, 5.74) is 19.0. The van der Waals surface area contributed by atoms with Gasteiger partial charge in [0.15, 0.2) is 81.6 Å². The molecule has 4 aliphatic rings. The number of aliphatic hydroxyl groups is 9. The molecule has 0 bridgehead atoms. The minimum Gasteiger partial charge on any atom is -0.394 e. The Labute approximate surface area is 605 Å². The molecule has 602 valence electrons. The lowest BCUT2D eigenvalue weighted by Gasteiger charge is -2.19. The maximum absolute atomic E-state index is 11.8. The number of fused-ring (bicyclic) bond motifs is 5. The van der Waals surface area contributed by atoms with E-state index in [1.807, 2.05) is 0 Å². The molecule has 110 heavy (non-hydrogen) atoms. The number of imidazole rings is 5. The second-order valence-corrected chi connectivity index (χ2v) is 31.0. The number of phosphoric acid groups is 6. The van der Waals surface area contributed by atoms with Crippen LogP contribution in [0.2, 0.25) is 0 Å². The monoisotopic (exact) mass is 1690 g/mol. The Bertz CT molecular complexity index is 5330.